The summed E-state index contributed by atoms with van der Waals surface area (Å²) < 4.78 is 5.56. The number of hydrogen-bond donors (Lipinski definition) is 2. The van der Waals surface area contributed by atoms with E-state index in [0.717, 1.165) is 11.5 Å². The summed E-state index contributed by atoms with van der Waals surface area (Å²) in [6, 6.07) is 12.9. The van der Waals surface area contributed by atoms with Crippen molar-refractivity contribution in [2.75, 3.05) is 0 Å². The number of carboxylic acids is 1. The Morgan fingerprint density at radius 3 is 2.52 bits per heavy atom. The van der Waals surface area contributed by atoms with Gasteiger partial charge in [-0.25, -0.2) is 4.79 Å². The van der Waals surface area contributed by atoms with Gasteiger partial charge in [0.25, 0.3) is 0 Å². The summed E-state index contributed by atoms with van der Waals surface area (Å²) in [6.07, 6.45) is 2.78. The van der Waals surface area contributed by atoms with Crippen molar-refractivity contribution < 1.29 is 24.2 Å². The molecule has 0 amide bonds. The van der Waals surface area contributed by atoms with Crippen LogP contribution in [0.1, 0.15) is 26.5 Å². The van der Waals surface area contributed by atoms with Crippen molar-refractivity contribution in [1.29, 1.82) is 0 Å². The summed E-state index contributed by atoms with van der Waals surface area (Å²) in [6.45, 7) is 0. The van der Waals surface area contributed by atoms with Gasteiger partial charge in [-0.2, -0.15) is 0 Å². The van der Waals surface area contributed by atoms with E-state index in [1.54, 1.807) is 6.07 Å². The van der Waals surface area contributed by atoms with Crippen molar-refractivity contribution >= 4 is 28.8 Å². The fourth-order valence-corrected chi connectivity index (χ4v) is 2.21. The van der Waals surface area contributed by atoms with Crippen LogP contribution < -0.4 is 0 Å². The molecule has 0 spiro atoms. The molecule has 3 rings (SSSR count). The molecule has 114 valence electrons. The summed E-state index contributed by atoms with van der Waals surface area (Å²) in [4.78, 5) is 22.9. The van der Waals surface area contributed by atoms with E-state index in [1.165, 1.54) is 24.3 Å². The van der Waals surface area contributed by atoms with Gasteiger partial charge < -0.3 is 14.6 Å². The van der Waals surface area contributed by atoms with E-state index in [1.807, 2.05) is 24.3 Å². The molecule has 0 atom stereocenters. The van der Waals surface area contributed by atoms with Gasteiger partial charge in [-0.05, 0) is 42.5 Å². The first-order valence-corrected chi connectivity index (χ1v) is 6.82. The Labute approximate surface area is 131 Å². The van der Waals surface area contributed by atoms with E-state index < -0.39 is 11.8 Å². The van der Waals surface area contributed by atoms with Gasteiger partial charge in [0.2, 0.25) is 0 Å². The first-order valence-electron chi connectivity index (χ1n) is 6.82. The smallest absolute Gasteiger partial charge is 0.335 e. The van der Waals surface area contributed by atoms with E-state index in [9.17, 15) is 14.7 Å². The quantitative estimate of drug-likeness (QED) is 0.566. The van der Waals surface area contributed by atoms with Gasteiger partial charge in [0, 0.05) is 5.39 Å². The molecule has 0 aliphatic rings. The van der Waals surface area contributed by atoms with Gasteiger partial charge in [0.15, 0.2) is 5.78 Å². The fraction of sp³-hybridized carbons (Fsp3) is 0. The van der Waals surface area contributed by atoms with Crippen molar-refractivity contribution in [3.8, 4) is 5.75 Å². The zero-order valence-corrected chi connectivity index (χ0v) is 11.9. The second kappa shape index (κ2) is 5.81. The molecule has 2 N–H and O–H groups in total. The van der Waals surface area contributed by atoms with Crippen molar-refractivity contribution in [2.24, 2.45) is 0 Å². The molecule has 0 saturated heterocycles. The molecule has 2 aromatic carbocycles. The number of phenols is 1. The number of allylic oxidation sites excluding steroid dienone is 1. The number of carbonyl (C=O) groups excluding carboxylic acids is 1. The predicted octanol–water partition coefficient (Wildman–Crippen LogP) is 3.73. The Balaban J connectivity index is 1.84. The van der Waals surface area contributed by atoms with Gasteiger partial charge in [-0.15, -0.1) is 0 Å². The van der Waals surface area contributed by atoms with Gasteiger partial charge in [0.05, 0.1) is 11.1 Å². The Hall–Kier alpha value is -3.34. The number of fused-ring (bicyclic) bond motifs is 1. The molecule has 0 radical (unpaired) electrons. The van der Waals surface area contributed by atoms with E-state index >= 15 is 0 Å². The van der Waals surface area contributed by atoms with Crippen LogP contribution in [0.2, 0.25) is 0 Å². The zero-order valence-electron chi connectivity index (χ0n) is 11.9. The molecule has 3 aromatic rings. The molecule has 5 heteroatoms. The number of carboxylic acid groups (broad SMARTS) is 1. The van der Waals surface area contributed by atoms with Gasteiger partial charge in [0.1, 0.15) is 17.1 Å². The first kappa shape index (κ1) is 14.6. The monoisotopic (exact) mass is 308 g/mol. The average molecular weight is 308 g/mol. The number of hydrogen-bond acceptors (Lipinski definition) is 4. The van der Waals surface area contributed by atoms with Crippen molar-refractivity contribution in [3.05, 3.63) is 71.5 Å². The molecule has 0 saturated carbocycles. The Kier molecular flexibility index (Phi) is 3.68. The lowest BCUT2D eigenvalue weighted by Gasteiger charge is -2.01. The van der Waals surface area contributed by atoms with E-state index in [4.69, 9.17) is 9.52 Å². The SMILES string of the molecule is O=C(O)c1ccc(C(=O)/C=C/c2cc3ccccc3o2)c(O)c1. The highest BCUT2D eigenvalue weighted by molar-refractivity contribution is 6.09. The number of para-hydroxylation sites is 1. The van der Waals surface area contributed by atoms with Crippen LogP contribution >= 0.6 is 0 Å². The van der Waals surface area contributed by atoms with Crippen LogP contribution in [-0.4, -0.2) is 22.0 Å². The molecule has 0 bridgehead atoms. The minimum atomic E-state index is -1.17. The number of furan rings is 1. The fourth-order valence-electron chi connectivity index (χ4n) is 2.21. The highest BCUT2D eigenvalue weighted by atomic mass is 16.4. The van der Waals surface area contributed by atoms with E-state index in [0.29, 0.717) is 11.3 Å². The third-order valence-corrected chi connectivity index (χ3v) is 3.35. The number of phenolic OH excluding ortho intramolecular Hbond substituents is 1. The average Bonchev–Trinajstić information content (AvgIpc) is 2.95. The number of rotatable bonds is 4. The van der Waals surface area contributed by atoms with Gasteiger partial charge in [-0.1, -0.05) is 18.2 Å². The second-order valence-corrected chi connectivity index (χ2v) is 4.92. The highest BCUT2D eigenvalue weighted by Crippen LogP contribution is 2.22. The molecule has 1 heterocycles. The maximum absolute atomic E-state index is 12.1. The van der Waals surface area contributed by atoms with E-state index in [-0.39, 0.29) is 16.9 Å². The molecule has 0 unspecified atom stereocenters. The summed E-state index contributed by atoms with van der Waals surface area (Å²) >= 11 is 0. The Bertz CT molecular complexity index is 900. The van der Waals surface area contributed by atoms with Crippen LogP contribution in [-0.2, 0) is 0 Å². The lowest BCUT2D eigenvalue weighted by Crippen LogP contribution is -1.99. The lowest BCUT2D eigenvalue weighted by molar-refractivity contribution is 0.0696. The molecule has 1 aromatic heterocycles. The van der Waals surface area contributed by atoms with Crippen molar-refractivity contribution in [3.63, 3.8) is 0 Å². The van der Waals surface area contributed by atoms with Crippen LogP contribution in [0.5, 0.6) is 5.75 Å². The number of benzene rings is 2. The molecule has 23 heavy (non-hydrogen) atoms. The lowest BCUT2D eigenvalue weighted by atomic mass is 10.1. The topological polar surface area (TPSA) is 87.7 Å². The normalized spacial score (nSPS) is 11.1. The van der Waals surface area contributed by atoms with Crippen LogP contribution in [0.3, 0.4) is 0 Å². The van der Waals surface area contributed by atoms with Crippen molar-refractivity contribution in [2.45, 2.75) is 0 Å². The standard InChI is InChI=1S/C18H12O5/c19-15(14-7-5-12(18(21)22)10-16(14)20)8-6-13-9-11-3-1-2-4-17(11)23-13/h1-10,20H,(H,21,22)/b8-6+. The number of aromatic hydroxyl groups is 1. The summed E-state index contributed by atoms with van der Waals surface area (Å²) in [5, 5.41) is 19.5. The minimum Gasteiger partial charge on any atom is -0.507 e. The molecule has 0 aliphatic carbocycles. The third-order valence-electron chi connectivity index (χ3n) is 3.35. The maximum atomic E-state index is 12.1. The molecular formula is C18H12O5. The second-order valence-electron chi connectivity index (χ2n) is 4.92. The minimum absolute atomic E-state index is 0.0300. The van der Waals surface area contributed by atoms with Crippen LogP contribution in [0.15, 0.2) is 59.0 Å². The Morgan fingerprint density at radius 1 is 1.04 bits per heavy atom. The summed E-state index contributed by atoms with van der Waals surface area (Å²) in [5.74, 6) is -1.47. The van der Waals surface area contributed by atoms with Crippen LogP contribution in [0.4, 0.5) is 0 Å². The maximum Gasteiger partial charge on any atom is 0.335 e. The zero-order chi connectivity index (χ0) is 16.4. The number of aromatic carboxylic acids is 1. The summed E-state index contributed by atoms with van der Waals surface area (Å²) in [5.41, 5.74) is 0.663. The largest absolute Gasteiger partial charge is 0.507 e. The summed E-state index contributed by atoms with van der Waals surface area (Å²) in [7, 11) is 0. The van der Waals surface area contributed by atoms with Crippen LogP contribution in [0, 0.1) is 0 Å². The highest BCUT2D eigenvalue weighted by Gasteiger charge is 2.12. The first-order chi connectivity index (χ1) is 11.0. The van der Waals surface area contributed by atoms with Gasteiger partial charge in [-0.3, -0.25) is 4.79 Å². The molecular weight excluding hydrogens is 296 g/mol. The molecule has 0 aliphatic heterocycles. The van der Waals surface area contributed by atoms with Gasteiger partial charge >= 0.3 is 5.97 Å². The van der Waals surface area contributed by atoms with Crippen LogP contribution in [0.25, 0.3) is 17.0 Å². The number of ketones is 1. The van der Waals surface area contributed by atoms with Crippen molar-refractivity contribution in [1.82, 2.24) is 0 Å². The predicted molar refractivity (Wildman–Crippen MR) is 84.6 cm³/mol. The third kappa shape index (κ3) is 2.98. The molecule has 0 fully saturated rings. The van der Waals surface area contributed by atoms with E-state index in [2.05, 4.69) is 0 Å². The number of carbonyl (C=O) groups is 2. The molecule has 5 nitrogen and oxygen atoms in total. The Morgan fingerprint density at radius 2 is 1.83 bits per heavy atom.